The van der Waals surface area contributed by atoms with Crippen molar-refractivity contribution in [1.82, 2.24) is 0 Å². The fraction of sp³-hybridized carbons (Fsp3) is 0.500. The van der Waals surface area contributed by atoms with Crippen molar-refractivity contribution in [3.8, 4) is 0 Å². The van der Waals surface area contributed by atoms with E-state index < -0.39 is 0 Å². The number of rotatable bonds is 5. The zero-order valence-electron chi connectivity index (χ0n) is 9.38. The smallest absolute Gasteiger partial charge is 0.137 e. The van der Waals surface area contributed by atoms with E-state index in [0.717, 1.165) is 18.4 Å². The number of benzene rings is 1. The van der Waals surface area contributed by atoms with E-state index in [4.69, 9.17) is 5.73 Å². The van der Waals surface area contributed by atoms with Crippen LogP contribution in [0.1, 0.15) is 44.2 Å². The van der Waals surface area contributed by atoms with Crippen LogP contribution in [0.4, 0.5) is 4.39 Å². The third-order valence-electron chi connectivity index (χ3n) is 2.49. The lowest BCUT2D eigenvalue weighted by molar-refractivity contribution is 0.571. The molecule has 0 unspecified atom stereocenters. The van der Waals surface area contributed by atoms with E-state index in [1.807, 2.05) is 6.07 Å². The summed E-state index contributed by atoms with van der Waals surface area (Å²) in [5.41, 5.74) is 6.85. The Morgan fingerprint density at radius 2 is 2.06 bits per heavy atom. The molecule has 1 aromatic carbocycles. The molecule has 0 saturated carbocycles. The summed E-state index contributed by atoms with van der Waals surface area (Å²) in [6, 6.07) is 5.06. The Labute approximate surface area is 111 Å². The number of hydrogen-bond donors (Lipinski definition) is 1. The van der Waals surface area contributed by atoms with Gasteiger partial charge in [-0.05, 0) is 40.0 Å². The molecular weight excluding hydrogens is 292 g/mol. The molecule has 0 aliphatic heterocycles. The SMILES string of the molecule is CCCCC[C@@H](N)c1ccc(Br)c(F)c1.Cl. The maximum Gasteiger partial charge on any atom is 0.137 e. The minimum Gasteiger partial charge on any atom is -0.324 e. The van der Waals surface area contributed by atoms with Gasteiger partial charge >= 0.3 is 0 Å². The summed E-state index contributed by atoms with van der Waals surface area (Å²) in [5.74, 6) is -0.238. The molecule has 0 aliphatic carbocycles. The van der Waals surface area contributed by atoms with E-state index in [9.17, 15) is 4.39 Å². The van der Waals surface area contributed by atoms with Crippen molar-refractivity contribution >= 4 is 28.3 Å². The molecule has 92 valence electrons. The average Bonchev–Trinajstić information content (AvgIpc) is 2.22. The van der Waals surface area contributed by atoms with Crippen molar-refractivity contribution in [3.05, 3.63) is 34.1 Å². The predicted octanol–water partition coefficient (Wildman–Crippen LogP) is 4.59. The molecule has 0 spiro atoms. The van der Waals surface area contributed by atoms with Gasteiger partial charge in [-0.3, -0.25) is 0 Å². The highest BCUT2D eigenvalue weighted by Crippen LogP contribution is 2.22. The average molecular weight is 311 g/mol. The fourth-order valence-corrected chi connectivity index (χ4v) is 1.77. The molecule has 2 N–H and O–H groups in total. The van der Waals surface area contributed by atoms with E-state index in [2.05, 4.69) is 22.9 Å². The lowest BCUT2D eigenvalue weighted by atomic mass is 10.0. The van der Waals surface area contributed by atoms with Gasteiger partial charge in [-0.25, -0.2) is 4.39 Å². The molecule has 0 fully saturated rings. The van der Waals surface area contributed by atoms with Gasteiger partial charge < -0.3 is 5.73 Å². The monoisotopic (exact) mass is 309 g/mol. The summed E-state index contributed by atoms with van der Waals surface area (Å²) in [7, 11) is 0. The number of unbranched alkanes of at least 4 members (excludes halogenated alkanes) is 2. The van der Waals surface area contributed by atoms with Crippen LogP contribution >= 0.6 is 28.3 Å². The molecule has 0 aliphatic rings. The van der Waals surface area contributed by atoms with Crippen LogP contribution in [0.25, 0.3) is 0 Å². The maximum atomic E-state index is 13.2. The Morgan fingerprint density at radius 1 is 1.38 bits per heavy atom. The molecular formula is C12H18BrClFN. The van der Waals surface area contributed by atoms with E-state index in [0.29, 0.717) is 4.47 Å². The topological polar surface area (TPSA) is 26.0 Å². The van der Waals surface area contributed by atoms with E-state index in [1.165, 1.54) is 18.9 Å². The van der Waals surface area contributed by atoms with Crippen molar-refractivity contribution in [2.75, 3.05) is 0 Å². The Bertz CT molecular complexity index is 320. The normalized spacial score (nSPS) is 12.0. The molecule has 1 aromatic rings. The van der Waals surface area contributed by atoms with Gasteiger partial charge in [0.2, 0.25) is 0 Å². The second-order valence-corrected chi connectivity index (χ2v) is 4.63. The van der Waals surface area contributed by atoms with Crippen LogP contribution in [0.3, 0.4) is 0 Å². The predicted molar refractivity (Wildman–Crippen MR) is 72.4 cm³/mol. The van der Waals surface area contributed by atoms with Crippen LogP contribution < -0.4 is 5.73 Å². The molecule has 0 heterocycles. The number of halogens is 3. The summed E-state index contributed by atoms with van der Waals surface area (Å²) < 4.78 is 13.7. The fourth-order valence-electron chi connectivity index (χ4n) is 1.52. The van der Waals surface area contributed by atoms with Gasteiger partial charge in [-0.15, -0.1) is 12.4 Å². The molecule has 1 rings (SSSR count). The van der Waals surface area contributed by atoms with Crippen LogP contribution in [0.5, 0.6) is 0 Å². The van der Waals surface area contributed by atoms with Gasteiger partial charge in [-0.2, -0.15) is 0 Å². The minimum atomic E-state index is -0.238. The Hall–Kier alpha value is -0.120. The second-order valence-electron chi connectivity index (χ2n) is 3.78. The van der Waals surface area contributed by atoms with Gasteiger partial charge in [0.25, 0.3) is 0 Å². The standard InChI is InChI=1S/C12H17BrFN.ClH/c1-2-3-4-5-12(15)9-6-7-10(13)11(14)8-9;/h6-8,12H,2-5,15H2,1H3;1H/t12-;/m1./s1. The van der Waals surface area contributed by atoms with Gasteiger partial charge in [0.15, 0.2) is 0 Å². The van der Waals surface area contributed by atoms with Crippen LogP contribution in [0.15, 0.2) is 22.7 Å². The number of hydrogen-bond acceptors (Lipinski definition) is 1. The van der Waals surface area contributed by atoms with E-state index in [1.54, 1.807) is 6.07 Å². The van der Waals surface area contributed by atoms with E-state index >= 15 is 0 Å². The quantitative estimate of drug-likeness (QED) is 0.791. The minimum absolute atomic E-state index is 0. The zero-order valence-corrected chi connectivity index (χ0v) is 11.8. The van der Waals surface area contributed by atoms with Crippen molar-refractivity contribution in [2.45, 2.75) is 38.6 Å². The molecule has 0 saturated heterocycles. The summed E-state index contributed by atoms with van der Waals surface area (Å²) >= 11 is 3.13. The van der Waals surface area contributed by atoms with Crippen LogP contribution in [-0.4, -0.2) is 0 Å². The zero-order chi connectivity index (χ0) is 11.3. The number of nitrogens with two attached hydrogens (primary N) is 1. The molecule has 0 aromatic heterocycles. The van der Waals surface area contributed by atoms with E-state index in [-0.39, 0.29) is 24.3 Å². The summed E-state index contributed by atoms with van der Waals surface area (Å²) in [4.78, 5) is 0. The molecule has 1 nitrogen and oxygen atoms in total. The van der Waals surface area contributed by atoms with Crippen LogP contribution in [0.2, 0.25) is 0 Å². The molecule has 0 amide bonds. The third kappa shape index (κ3) is 4.81. The third-order valence-corrected chi connectivity index (χ3v) is 3.13. The second kappa shape index (κ2) is 8.04. The first-order valence-electron chi connectivity index (χ1n) is 5.35. The van der Waals surface area contributed by atoms with Crippen molar-refractivity contribution < 1.29 is 4.39 Å². The molecule has 4 heteroatoms. The highest BCUT2D eigenvalue weighted by Gasteiger charge is 2.08. The lowest BCUT2D eigenvalue weighted by Gasteiger charge is -2.12. The van der Waals surface area contributed by atoms with Crippen molar-refractivity contribution in [2.24, 2.45) is 5.73 Å². The molecule has 0 radical (unpaired) electrons. The Morgan fingerprint density at radius 3 is 2.62 bits per heavy atom. The van der Waals surface area contributed by atoms with Gasteiger partial charge in [0.05, 0.1) is 4.47 Å². The molecule has 0 bridgehead atoms. The summed E-state index contributed by atoms with van der Waals surface area (Å²) in [5, 5.41) is 0. The summed E-state index contributed by atoms with van der Waals surface area (Å²) in [6.07, 6.45) is 4.40. The van der Waals surface area contributed by atoms with Crippen molar-refractivity contribution in [3.63, 3.8) is 0 Å². The van der Waals surface area contributed by atoms with Gasteiger partial charge in [0, 0.05) is 6.04 Å². The van der Waals surface area contributed by atoms with Crippen LogP contribution in [0, 0.1) is 5.82 Å². The van der Waals surface area contributed by atoms with Gasteiger partial charge in [-0.1, -0.05) is 32.3 Å². The van der Waals surface area contributed by atoms with Gasteiger partial charge in [0.1, 0.15) is 5.82 Å². The first-order valence-corrected chi connectivity index (χ1v) is 6.15. The first kappa shape index (κ1) is 15.9. The Balaban J connectivity index is 0.00000225. The van der Waals surface area contributed by atoms with Crippen LogP contribution in [-0.2, 0) is 0 Å². The summed E-state index contributed by atoms with van der Waals surface area (Å²) in [6.45, 7) is 2.16. The first-order chi connectivity index (χ1) is 7.15. The van der Waals surface area contributed by atoms with Crippen molar-refractivity contribution in [1.29, 1.82) is 0 Å². The lowest BCUT2D eigenvalue weighted by Crippen LogP contribution is -2.10. The largest absolute Gasteiger partial charge is 0.324 e. The molecule has 16 heavy (non-hydrogen) atoms. The highest BCUT2D eigenvalue weighted by atomic mass is 79.9. The maximum absolute atomic E-state index is 13.2. The molecule has 1 atom stereocenters. The Kier molecular flexibility index (Phi) is 7.98. The highest BCUT2D eigenvalue weighted by molar-refractivity contribution is 9.10.